The van der Waals surface area contributed by atoms with Gasteiger partial charge in [-0.05, 0) is 49.4 Å². The van der Waals surface area contributed by atoms with E-state index in [2.05, 4.69) is 4.98 Å². The van der Waals surface area contributed by atoms with Crippen molar-refractivity contribution >= 4 is 23.2 Å². The van der Waals surface area contributed by atoms with Crippen molar-refractivity contribution < 1.29 is 24.1 Å². The minimum Gasteiger partial charge on any atom is -0.508 e. The van der Waals surface area contributed by atoms with E-state index in [0.29, 0.717) is 33.4 Å². The number of hydrogen-bond acceptors (Lipinski definition) is 7. The molecule has 0 aliphatic rings. The molecule has 0 aliphatic heterocycles. The van der Waals surface area contributed by atoms with Crippen LogP contribution >= 0.6 is 11.3 Å². The van der Waals surface area contributed by atoms with Gasteiger partial charge in [-0.1, -0.05) is 0 Å². The van der Waals surface area contributed by atoms with Crippen LogP contribution in [0.25, 0.3) is 16.6 Å². The molecule has 1 aromatic heterocycles. The van der Waals surface area contributed by atoms with Crippen LogP contribution in [0.5, 0.6) is 23.0 Å². The number of carbonyl (C=O) groups is 1. The number of phenols is 1. The Morgan fingerprint density at radius 3 is 2.24 bits per heavy atom. The van der Waals surface area contributed by atoms with E-state index in [-0.39, 0.29) is 11.5 Å². The highest BCUT2D eigenvalue weighted by atomic mass is 32.1. The fraction of sp³-hybridized carbons (Fsp3) is 0.182. The van der Waals surface area contributed by atoms with Crippen molar-refractivity contribution in [2.75, 3.05) is 21.3 Å². The zero-order valence-corrected chi connectivity index (χ0v) is 17.4. The number of nitrogens with zero attached hydrogens (tertiary/aromatic N) is 1. The number of allylic oxidation sites excluding steroid dienone is 1. The van der Waals surface area contributed by atoms with Crippen LogP contribution in [0, 0.1) is 6.92 Å². The van der Waals surface area contributed by atoms with Crippen LogP contribution in [-0.4, -0.2) is 37.2 Å². The number of benzene rings is 2. The average Bonchev–Trinajstić information content (AvgIpc) is 3.13. The molecule has 0 unspecified atom stereocenters. The zero-order valence-electron chi connectivity index (χ0n) is 16.6. The molecule has 0 aliphatic carbocycles. The number of hydrogen-bond donors (Lipinski definition) is 1. The van der Waals surface area contributed by atoms with Crippen LogP contribution in [0.15, 0.2) is 42.5 Å². The summed E-state index contributed by atoms with van der Waals surface area (Å²) in [4.78, 5) is 17.8. The first-order chi connectivity index (χ1) is 14.0. The van der Waals surface area contributed by atoms with Gasteiger partial charge in [0.25, 0.3) is 0 Å². The van der Waals surface area contributed by atoms with E-state index in [0.717, 1.165) is 10.6 Å². The highest BCUT2D eigenvalue weighted by Crippen LogP contribution is 2.35. The lowest BCUT2D eigenvalue weighted by atomic mass is 10.1. The summed E-state index contributed by atoms with van der Waals surface area (Å²) in [5, 5.41) is 10.2. The van der Waals surface area contributed by atoms with Gasteiger partial charge in [0.1, 0.15) is 16.5 Å². The van der Waals surface area contributed by atoms with Crippen LogP contribution < -0.4 is 14.2 Å². The van der Waals surface area contributed by atoms with Crippen LogP contribution in [0.1, 0.15) is 20.9 Å². The molecule has 29 heavy (non-hydrogen) atoms. The van der Waals surface area contributed by atoms with Crippen LogP contribution in [0.2, 0.25) is 0 Å². The summed E-state index contributed by atoms with van der Waals surface area (Å²) in [5.41, 5.74) is 2.20. The Hall–Kier alpha value is -3.32. The number of methoxy groups -OCH3 is 3. The molecule has 1 N–H and O–H groups in total. The number of aromatic nitrogens is 1. The third kappa shape index (κ3) is 4.41. The second-order valence-electron chi connectivity index (χ2n) is 6.13. The van der Waals surface area contributed by atoms with E-state index in [1.54, 1.807) is 70.7 Å². The molecule has 0 fully saturated rings. The maximum absolute atomic E-state index is 12.8. The summed E-state index contributed by atoms with van der Waals surface area (Å²) in [6.07, 6.45) is 3.17. The first kappa shape index (κ1) is 20.4. The van der Waals surface area contributed by atoms with Gasteiger partial charge in [0.05, 0.1) is 31.9 Å². The molecule has 1 heterocycles. The minimum absolute atomic E-state index is 0.151. The van der Waals surface area contributed by atoms with Gasteiger partial charge in [-0.25, -0.2) is 4.98 Å². The highest BCUT2D eigenvalue weighted by Gasteiger charge is 2.15. The molecule has 2 aromatic carbocycles. The molecule has 0 amide bonds. The summed E-state index contributed by atoms with van der Waals surface area (Å²) in [7, 11) is 4.65. The lowest BCUT2D eigenvalue weighted by Crippen LogP contribution is -1.96. The second kappa shape index (κ2) is 8.79. The maximum Gasteiger partial charge on any atom is 0.197 e. The number of phenolic OH excluding ortho intramolecular Hbond substituents is 1. The SMILES string of the molecule is COc1cc(OC)c(OC)cc1C=CC(=O)c1sc(-c2ccc(O)cc2)nc1C. The lowest BCUT2D eigenvalue weighted by molar-refractivity contribution is 0.105. The monoisotopic (exact) mass is 411 g/mol. The van der Waals surface area contributed by atoms with Gasteiger partial charge in [-0.15, -0.1) is 11.3 Å². The van der Waals surface area contributed by atoms with Crippen molar-refractivity contribution in [2.24, 2.45) is 0 Å². The van der Waals surface area contributed by atoms with E-state index >= 15 is 0 Å². The van der Waals surface area contributed by atoms with Gasteiger partial charge in [-0.3, -0.25) is 4.79 Å². The molecule has 6 nitrogen and oxygen atoms in total. The normalized spacial score (nSPS) is 10.9. The molecule has 0 saturated carbocycles. The number of aromatic hydroxyl groups is 1. The summed E-state index contributed by atoms with van der Waals surface area (Å²) >= 11 is 1.32. The minimum atomic E-state index is -0.151. The molecule has 0 bridgehead atoms. The van der Waals surface area contributed by atoms with Gasteiger partial charge in [0.15, 0.2) is 17.3 Å². The molecule has 0 atom stereocenters. The molecule has 3 rings (SSSR count). The fourth-order valence-electron chi connectivity index (χ4n) is 2.78. The fourth-order valence-corrected chi connectivity index (χ4v) is 3.77. The van der Waals surface area contributed by atoms with Crippen molar-refractivity contribution in [3.05, 3.63) is 58.6 Å². The molecule has 0 saturated heterocycles. The van der Waals surface area contributed by atoms with Crippen LogP contribution in [0.3, 0.4) is 0 Å². The third-order valence-electron chi connectivity index (χ3n) is 4.28. The van der Waals surface area contributed by atoms with Crippen molar-refractivity contribution in [1.29, 1.82) is 0 Å². The Labute approximate surface area is 173 Å². The summed E-state index contributed by atoms with van der Waals surface area (Å²) in [5.74, 6) is 1.69. The van der Waals surface area contributed by atoms with Crippen molar-refractivity contribution in [1.82, 2.24) is 4.98 Å². The Kier molecular flexibility index (Phi) is 6.19. The van der Waals surface area contributed by atoms with E-state index in [4.69, 9.17) is 14.2 Å². The first-order valence-corrected chi connectivity index (χ1v) is 9.57. The smallest absolute Gasteiger partial charge is 0.197 e. The topological polar surface area (TPSA) is 77.9 Å². The molecular weight excluding hydrogens is 390 g/mol. The highest BCUT2D eigenvalue weighted by molar-refractivity contribution is 7.17. The summed E-state index contributed by atoms with van der Waals surface area (Å²) < 4.78 is 16.0. The predicted molar refractivity (Wildman–Crippen MR) is 113 cm³/mol. The number of ketones is 1. The zero-order chi connectivity index (χ0) is 21.0. The quantitative estimate of drug-likeness (QED) is 0.447. The number of ether oxygens (including phenoxy) is 3. The van der Waals surface area contributed by atoms with Crippen LogP contribution in [-0.2, 0) is 0 Å². The largest absolute Gasteiger partial charge is 0.508 e. The number of aryl methyl sites for hydroxylation is 1. The Morgan fingerprint density at radius 1 is 1.00 bits per heavy atom. The molecule has 0 radical (unpaired) electrons. The predicted octanol–water partition coefficient (Wildman–Crippen LogP) is 4.75. The summed E-state index contributed by atoms with van der Waals surface area (Å²) in [6, 6.07) is 10.2. The molecule has 0 spiro atoms. The molecule has 150 valence electrons. The first-order valence-electron chi connectivity index (χ1n) is 8.76. The van der Waals surface area contributed by atoms with E-state index < -0.39 is 0 Å². The van der Waals surface area contributed by atoms with Gasteiger partial charge in [-0.2, -0.15) is 0 Å². The maximum atomic E-state index is 12.8. The average molecular weight is 411 g/mol. The van der Waals surface area contributed by atoms with Crippen molar-refractivity contribution in [3.8, 4) is 33.6 Å². The second-order valence-corrected chi connectivity index (χ2v) is 7.13. The van der Waals surface area contributed by atoms with Gasteiger partial charge in [0.2, 0.25) is 0 Å². The van der Waals surface area contributed by atoms with Crippen molar-refractivity contribution in [3.63, 3.8) is 0 Å². The number of thiazole rings is 1. The van der Waals surface area contributed by atoms with Gasteiger partial charge in [0, 0.05) is 17.2 Å². The Morgan fingerprint density at radius 2 is 1.62 bits per heavy atom. The van der Waals surface area contributed by atoms with E-state index in [1.807, 2.05) is 0 Å². The standard InChI is InChI=1S/C22H21NO5S/c1-13-21(29-22(23-13)14-5-8-16(24)9-6-14)17(25)10-7-15-11-19(27-3)20(28-4)12-18(15)26-2/h5-12,24H,1-4H3. The molecular formula is C22H21NO5S. The Bertz CT molecular complexity index is 1050. The van der Waals surface area contributed by atoms with E-state index in [1.165, 1.54) is 17.4 Å². The molecule has 3 aromatic rings. The van der Waals surface area contributed by atoms with E-state index in [9.17, 15) is 9.90 Å². The third-order valence-corrected chi connectivity index (χ3v) is 5.51. The van der Waals surface area contributed by atoms with Crippen LogP contribution in [0.4, 0.5) is 0 Å². The summed E-state index contributed by atoms with van der Waals surface area (Å²) in [6.45, 7) is 1.80. The lowest BCUT2D eigenvalue weighted by Gasteiger charge is -2.12. The molecule has 7 heteroatoms. The number of rotatable bonds is 7. The van der Waals surface area contributed by atoms with Crippen molar-refractivity contribution in [2.45, 2.75) is 6.92 Å². The Balaban J connectivity index is 1.89. The van der Waals surface area contributed by atoms with Gasteiger partial charge >= 0.3 is 0 Å². The van der Waals surface area contributed by atoms with Gasteiger partial charge < -0.3 is 19.3 Å². The number of carbonyl (C=O) groups excluding carboxylic acids is 1.